The van der Waals surface area contributed by atoms with Crippen LogP contribution in [0.1, 0.15) is 42.3 Å². The van der Waals surface area contributed by atoms with Gasteiger partial charge >= 0.3 is 0 Å². The maximum atomic E-state index is 12.9. The molecule has 27 heavy (non-hydrogen) atoms. The minimum absolute atomic E-state index is 0.226. The van der Waals surface area contributed by atoms with Crippen molar-refractivity contribution in [2.45, 2.75) is 31.1 Å². The number of piperazine rings is 1. The number of benzene rings is 1. The fourth-order valence-corrected chi connectivity index (χ4v) is 4.80. The first-order chi connectivity index (χ1) is 12.8. The van der Waals surface area contributed by atoms with E-state index in [4.69, 9.17) is 4.42 Å². The zero-order valence-corrected chi connectivity index (χ0v) is 17.8. The van der Waals surface area contributed by atoms with E-state index in [1.807, 2.05) is 12.1 Å². The lowest BCUT2D eigenvalue weighted by molar-refractivity contribution is 0.0664. The van der Waals surface area contributed by atoms with Crippen molar-refractivity contribution in [2.75, 3.05) is 26.2 Å². The van der Waals surface area contributed by atoms with Crippen molar-refractivity contribution in [3.05, 3.63) is 52.4 Å². The van der Waals surface area contributed by atoms with Crippen molar-refractivity contribution >= 4 is 31.9 Å². The Morgan fingerprint density at radius 1 is 1.11 bits per heavy atom. The minimum Gasteiger partial charge on any atom is -0.444 e. The molecule has 2 aromatic rings. The summed E-state index contributed by atoms with van der Waals surface area (Å²) in [4.78, 5) is 14.3. The number of hydrogen-bond donors (Lipinski definition) is 0. The van der Waals surface area contributed by atoms with Gasteiger partial charge in [-0.15, -0.1) is 0 Å². The van der Waals surface area contributed by atoms with Gasteiger partial charge in [-0.3, -0.25) is 4.79 Å². The van der Waals surface area contributed by atoms with Crippen LogP contribution in [-0.2, 0) is 10.0 Å². The highest BCUT2D eigenvalue weighted by molar-refractivity contribution is 9.10. The van der Waals surface area contributed by atoms with Gasteiger partial charge in [-0.05, 0) is 58.1 Å². The molecule has 0 bridgehead atoms. The summed E-state index contributed by atoms with van der Waals surface area (Å²) < 4.78 is 33.0. The first-order valence-corrected chi connectivity index (χ1v) is 11.2. The average molecular weight is 455 g/mol. The van der Waals surface area contributed by atoms with Gasteiger partial charge in [-0.25, -0.2) is 8.42 Å². The predicted octanol–water partition coefficient (Wildman–Crippen LogP) is 3.70. The molecule has 1 amide bonds. The summed E-state index contributed by atoms with van der Waals surface area (Å²) in [5.41, 5.74) is 1.14. The van der Waals surface area contributed by atoms with E-state index >= 15 is 0 Å². The van der Waals surface area contributed by atoms with Crippen molar-refractivity contribution in [1.82, 2.24) is 9.21 Å². The Morgan fingerprint density at radius 2 is 1.74 bits per heavy atom. The molecule has 0 N–H and O–H groups in total. The molecule has 1 aliphatic heterocycles. The van der Waals surface area contributed by atoms with Gasteiger partial charge in [0.15, 0.2) is 10.4 Å². The maximum Gasteiger partial charge on any atom is 0.289 e. The Kier molecular flexibility index (Phi) is 6.08. The third-order valence-corrected chi connectivity index (χ3v) is 7.35. The van der Waals surface area contributed by atoms with Crippen molar-refractivity contribution in [3.63, 3.8) is 0 Å². The molecule has 1 atom stereocenters. The second-order valence-electron chi connectivity index (χ2n) is 6.68. The van der Waals surface area contributed by atoms with Gasteiger partial charge in [0.1, 0.15) is 0 Å². The summed E-state index contributed by atoms with van der Waals surface area (Å²) in [6, 6.07) is 10.4. The SMILES string of the molecule is CCC(C)c1ccc(S(=O)(=O)N2CCN(C(=O)c3ccc(Br)o3)CC2)cc1. The summed E-state index contributed by atoms with van der Waals surface area (Å²) >= 11 is 3.18. The third-order valence-electron chi connectivity index (χ3n) is 5.01. The predicted molar refractivity (Wildman–Crippen MR) is 106 cm³/mol. The Hall–Kier alpha value is -1.64. The van der Waals surface area contributed by atoms with E-state index in [-0.39, 0.29) is 24.8 Å². The molecule has 1 aromatic carbocycles. The van der Waals surface area contributed by atoms with E-state index in [0.29, 0.717) is 28.6 Å². The number of carbonyl (C=O) groups excluding carboxylic acids is 1. The molecule has 2 heterocycles. The number of hydrogen-bond acceptors (Lipinski definition) is 4. The van der Waals surface area contributed by atoms with Crippen molar-refractivity contribution in [2.24, 2.45) is 0 Å². The molecular formula is C19H23BrN2O4S. The van der Waals surface area contributed by atoms with Crippen LogP contribution in [0.3, 0.4) is 0 Å². The van der Waals surface area contributed by atoms with Crippen LogP contribution in [-0.4, -0.2) is 49.7 Å². The number of furan rings is 1. The molecule has 3 rings (SSSR count). The molecule has 0 aliphatic carbocycles. The summed E-state index contributed by atoms with van der Waals surface area (Å²) in [5.74, 6) is 0.424. The molecule has 0 saturated carbocycles. The zero-order valence-electron chi connectivity index (χ0n) is 15.4. The summed E-state index contributed by atoms with van der Waals surface area (Å²) in [6.45, 7) is 5.43. The smallest absolute Gasteiger partial charge is 0.289 e. The number of halogens is 1. The number of sulfonamides is 1. The van der Waals surface area contributed by atoms with Crippen LogP contribution < -0.4 is 0 Å². The van der Waals surface area contributed by atoms with Crippen LogP contribution >= 0.6 is 15.9 Å². The summed E-state index contributed by atoms with van der Waals surface area (Å²) in [5, 5.41) is 0. The van der Waals surface area contributed by atoms with E-state index in [9.17, 15) is 13.2 Å². The minimum atomic E-state index is -3.56. The van der Waals surface area contributed by atoms with Crippen molar-refractivity contribution < 1.29 is 17.6 Å². The molecule has 1 aliphatic rings. The molecule has 146 valence electrons. The van der Waals surface area contributed by atoms with E-state index < -0.39 is 10.0 Å². The Balaban J connectivity index is 1.66. The van der Waals surface area contributed by atoms with Gasteiger partial charge in [-0.1, -0.05) is 26.0 Å². The van der Waals surface area contributed by atoms with Crippen LogP contribution in [0.5, 0.6) is 0 Å². The Morgan fingerprint density at radius 3 is 2.26 bits per heavy atom. The highest BCUT2D eigenvalue weighted by Gasteiger charge is 2.31. The molecule has 0 radical (unpaired) electrons. The largest absolute Gasteiger partial charge is 0.444 e. The Bertz CT molecular complexity index is 900. The Labute approximate surface area is 168 Å². The molecule has 6 nitrogen and oxygen atoms in total. The van der Waals surface area contributed by atoms with Gasteiger partial charge in [0, 0.05) is 26.2 Å². The normalized spacial score (nSPS) is 17.1. The zero-order chi connectivity index (χ0) is 19.6. The lowest BCUT2D eigenvalue weighted by atomic mass is 9.99. The fourth-order valence-electron chi connectivity index (χ4n) is 3.07. The van der Waals surface area contributed by atoms with E-state index in [2.05, 4.69) is 29.8 Å². The average Bonchev–Trinajstić information content (AvgIpc) is 3.13. The second kappa shape index (κ2) is 8.16. The molecule has 1 aromatic heterocycles. The van der Waals surface area contributed by atoms with Gasteiger partial charge in [0.2, 0.25) is 10.0 Å². The van der Waals surface area contributed by atoms with Crippen molar-refractivity contribution in [1.29, 1.82) is 0 Å². The van der Waals surface area contributed by atoms with Gasteiger partial charge in [0.05, 0.1) is 4.90 Å². The van der Waals surface area contributed by atoms with Crippen LogP contribution in [0.2, 0.25) is 0 Å². The first-order valence-electron chi connectivity index (χ1n) is 8.97. The third kappa shape index (κ3) is 4.28. The van der Waals surface area contributed by atoms with Gasteiger partial charge < -0.3 is 9.32 Å². The van der Waals surface area contributed by atoms with Gasteiger partial charge in [-0.2, -0.15) is 4.31 Å². The number of nitrogens with zero attached hydrogens (tertiary/aromatic N) is 2. The molecular weight excluding hydrogens is 432 g/mol. The lowest BCUT2D eigenvalue weighted by Crippen LogP contribution is -2.50. The standard InChI is InChI=1S/C19H23BrN2O4S/c1-3-14(2)15-4-6-16(7-5-15)27(24,25)22-12-10-21(11-13-22)19(23)17-8-9-18(20)26-17/h4-9,14H,3,10-13H2,1-2H3. The monoisotopic (exact) mass is 454 g/mol. The summed E-state index contributed by atoms with van der Waals surface area (Å²) in [7, 11) is -3.56. The van der Waals surface area contributed by atoms with Crippen LogP contribution in [0.4, 0.5) is 0 Å². The number of amides is 1. The number of rotatable bonds is 5. The summed E-state index contributed by atoms with van der Waals surface area (Å²) in [6.07, 6.45) is 1.01. The van der Waals surface area contributed by atoms with E-state index in [1.165, 1.54) is 4.31 Å². The highest BCUT2D eigenvalue weighted by atomic mass is 79.9. The number of carbonyl (C=O) groups is 1. The molecule has 1 saturated heterocycles. The molecule has 1 fully saturated rings. The molecule has 0 spiro atoms. The maximum absolute atomic E-state index is 12.9. The van der Waals surface area contributed by atoms with Crippen LogP contribution in [0, 0.1) is 0 Å². The van der Waals surface area contributed by atoms with E-state index in [1.54, 1.807) is 29.2 Å². The quantitative estimate of drug-likeness (QED) is 0.690. The van der Waals surface area contributed by atoms with Gasteiger partial charge in [0.25, 0.3) is 5.91 Å². The molecule has 1 unspecified atom stereocenters. The van der Waals surface area contributed by atoms with Crippen LogP contribution in [0.15, 0.2) is 50.4 Å². The highest BCUT2D eigenvalue weighted by Crippen LogP contribution is 2.23. The fraction of sp³-hybridized carbons (Fsp3) is 0.421. The topological polar surface area (TPSA) is 70.8 Å². The first kappa shape index (κ1) is 20.1. The van der Waals surface area contributed by atoms with Crippen LogP contribution in [0.25, 0.3) is 0 Å². The lowest BCUT2D eigenvalue weighted by Gasteiger charge is -2.33. The second-order valence-corrected chi connectivity index (χ2v) is 9.40. The molecule has 8 heteroatoms. The van der Waals surface area contributed by atoms with Crippen molar-refractivity contribution in [3.8, 4) is 0 Å². The van der Waals surface area contributed by atoms with E-state index in [0.717, 1.165) is 12.0 Å².